The lowest BCUT2D eigenvalue weighted by molar-refractivity contribution is -0.125. The van der Waals surface area contributed by atoms with Crippen LogP contribution >= 0.6 is 0 Å². The van der Waals surface area contributed by atoms with Crippen molar-refractivity contribution in [3.63, 3.8) is 0 Å². The fourth-order valence-electron chi connectivity index (χ4n) is 4.52. The van der Waals surface area contributed by atoms with Crippen LogP contribution in [0.2, 0.25) is 0 Å². The van der Waals surface area contributed by atoms with E-state index in [2.05, 4.69) is 26.6 Å². The van der Waals surface area contributed by atoms with Gasteiger partial charge in [0.2, 0.25) is 0 Å². The van der Waals surface area contributed by atoms with Gasteiger partial charge in [-0.3, -0.25) is 9.89 Å². The largest absolute Gasteiger partial charge is 0.457 e. The number of aromatic amines is 1. The monoisotopic (exact) mass is 506 g/mol. The third kappa shape index (κ3) is 5.15. The first-order chi connectivity index (χ1) is 18.7. The van der Waals surface area contributed by atoms with Crippen LogP contribution in [-0.2, 0) is 4.79 Å². The third-order valence-corrected chi connectivity index (χ3v) is 6.65. The number of hydrogen-bond acceptors (Lipinski definition) is 7. The fourth-order valence-corrected chi connectivity index (χ4v) is 4.52. The van der Waals surface area contributed by atoms with Crippen LogP contribution in [0, 0.1) is 17.2 Å². The van der Waals surface area contributed by atoms with Crippen molar-refractivity contribution in [2.75, 3.05) is 18.4 Å². The summed E-state index contributed by atoms with van der Waals surface area (Å²) < 4.78 is 12.1. The number of nitrogens with one attached hydrogen (secondary N) is 2. The lowest BCUT2D eigenvalue weighted by atomic mass is 10.2. The molecule has 1 unspecified atom stereocenters. The number of H-pyrrole nitrogens is 1. The Kier molecular flexibility index (Phi) is 6.36. The molecule has 0 spiro atoms. The van der Waals surface area contributed by atoms with Gasteiger partial charge in [0.15, 0.2) is 11.5 Å². The lowest BCUT2D eigenvalue weighted by Gasteiger charge is -2.17. The molecule has 1 aliphatic carbocycles. The van der Waals surface area contributed by atoms with Gasteiger partial charge in [0, 0.05) is 31.4 Å². The van der Waals surface area contributed by atoms with Gasteiger partial charge in [-0.1, -0.05) is 24.3 Å². The number of para-hydroxylation sites is 1. The summed E-state index contributed by atoms with van der Waals surface area (Å²) in [6.45, 7) is 1.08. The summed E-state index contributed by atoms with van der Waals surface area (Å²) in [4.78, 5) is 18.9. The number of anilines is 1. The molecule has 1 amide bonds. The number of amides is 1. The standard InChI is InChI=1S/C29H26N6O3/c30-17-20(16-19-6-7-19)29(36)35-15-13-21(18-35)32-28-26-25(12-14-31-27(26)33-34-28)38-24-10-8-23(9-11-24)37-22-4-2-1-3-5-22/h1-5,8-12,14,16,19,21H,6-7,13,15,18H2,(H2,31,32,33,34). The molecule has 190 valence electrons. The molecule has 1 saturated heterocycles. The van der Waals surface area contributed by atoms with Gasteiger partial charge in [0.25, 0.3) is 5.91 Å². The molecule has 1 aliphatic heterocycles. The predicted octanol–water partition coefficient (Wildman–Crippen LogP) is 5.42. The van der Waals surface area contributed by atoms with Crippen molar-refractivity contribution in [1.29, 1.82) is 5.26 Å². The van der Waals surface area contributed by atoms with Crippen molar-refractivity contribution < 1.29 is 14.3 Å². The fraction of sp³-hybridized carbons (Fsp3) is 0.241. The second-order valence-electron chi connectivity index (χ2n) is 9.50. The molecule has 1 atom stereocenters. The third-order valence-electron chi connectivity index (χ3n) is 6.65. The number of hydrogen-bond donors (Lipinski definition) is 2. The molecule has 6 rings (SSSR count). The molecule has 0 bridgehead atoms. The van der Waals surface area contributed by atoms with Gasteiger partial charge in [0.1, 0.15) is 40.0 Å². The maximum absolute atomic E-state index is 12.8. The molecule has 2 N–H and O–H groups in total. The molecule has 9 heteroatoms. The zero-order valence-corrected chi connectivity index (χ0v) is 20.6. The molecule has 2 fully saturated rings. The summed E-state index contributed by atoms with van der Waals surface area (Å²) >= 11 is 0. The summed E-state index contributed by atoms with van der Waals surface area (Å²) in [6, 6.07) is 20.9. The second-order valence-corrected chi connectivity index (χ2v) is 9.50. The van der Waals surface area contributed by atoms with E-state index in [1.165, 1.54) is 0 Å². The van der Waals surface area contributed by atoms with Crippen LogP contribution in [0.5, 0.6) is 23.0 Å². The molecular weight excluding hydrogens is 480 g/mol. The van der Waals surface area contributed by atoms with Crippen molar-refractivity contribution in [3.8, 4) is 29.1 Å². The van der Waals surface area contributed by atoms with Crippen LogP contribution in [0.3, 0.4) is 0 Å². The Bertz CT molecular complexity index is 1520. The second kappa shape index (κ2) is 10.3. The molecule has 2 aromatic heterocycles. The predicted molar refractivity (Wildman–Crippen MR) is 142 cm³/mol. The maximum atomic E-state index is 12.8. The van der Waals surface area contributed by atoms with Gasteiger partial charge in [0.05, 0.1) is 0 Å². The van der Waals surface area contributed by atoms with Crippen LogP contribution in [0.15, 0.2) is 78.5 Å². The quantitative estimate of drug-likeness (QED) is 0.242. The van der Waals surface area contributed by atoms with Gasteiger partial charge < -0.3 is 19.7 Å². The lowest BCUT2D eigenvalue weighted by Crippen LogP contribution is -2.32. The van der Waals surface area contributed by atoms with Crippen LogP contribution in [0.4, 0.5) is 5.82 Å². The number of aromatic nitrogens is 3. The van der Waals surface area contributed by atoms with E-state index in [9.17, 15) is 10.1 Å². The number of carbonyl (C=O) groups is 1. The molecule has 0 radical (unpaired) electrons. The van der Waals surface area contributed by atoms with E-state index in [4.69, 9.17) is 9.47 Å². The number of nitrogens with zero attached hydrogens (tertiary/aromatic N) is 4. The van der Waals surface area contributed by atoms with E-state index >= 15 is 0 Å². The Balaban J connectivity index is 1.15. The minimum atomic E-state index is -0.194. The van der Waals surface area contributed by atoms with Crippen LogP contribution in [0.1, 0.15) is 19.3 Å². The Morgan fingerprint density at radius 2 is 1.76 bits per heavy atom. The number of allylic oxidation sites excluding steroid dienone is 1. The number of ether oxygens (including phenoxy) is 2. The Morgan fingerprint density at radius 3 is 2.50 bits per heavy atom. The van der Waals surface area contributed by atoms with Gasteiger partial charge in [-0.2, -0.15) is 10.4 Å². The maximum Gasteiger partial charge on any atom is 0.264 e. The SMILES string of the molecule is N#CC(=CC1CC1)C(=O)N1CCC(Nc2n[nH]c3nccc(Oc4ccc(Oc5ccccc5)cc4)c23)C1. The van der Waals surface area contributed by atoms with Gasteiger partial charge >= 0.3 is 0 Å². The molecule has 3 heterocycles. The molecule has 1 saturated carbocycles. The Morgan fingerprint density at radius 1 is 1.03 bits per heavy atom. The number of benzene rings is 2. The van der Waals surface area contributed by atoms with Crippen molar-refractivity contribution in [1.82, 2.24) is 20.1 Å². The van der Waals surface area contributed by atoms with Crippen molar-refractivity contribution >= 4 is 22.8 Å². The van der Waals surface area contributed by atoms with E-state index in [0.29, 0.717) is 47.7 Å². The van der Waals surface area contributed by atoms with E-state index in [1.54, 1.807) is 17.2 Å². The highest BCUT2D eigenvalue weighted by Gasteiger charge is 2.30. The van der Waals surface area contributed by atoms with Gasteiger partial charge in [-0.15, -0.1) is 0 Å². The molecule has 4 aromatic rings. The summed E-state index contributed by atoms with van der Waals surface area (Å²) in [5, 5.41) is 21.0. The average Bonchev–Trinajstić information content (AvgIpc) is 3.49. The number of pyridine rings is 1. The van der Waals surface area contributed by atoms with Gasteiger partial charge in [-0.25, -0.2) is 4.98 Å². The van der Waals surface area contributed by atoms with Crippen LogP contribution < -0.4 is 14.8 Å². The first kappa shape index (κ1) is 23.6. The van der Waals surface area contributed by atoms with E-state index in [1.807, 2.05) is 60.7 Å². The highest BCUT2D eigenvalue weighted by molar-refractivity contribution is 5.97. The van der Waals surface area contributed by atoms with Crippen molar-refractivity contribution in [2.24, 2.45) is 5.92 Å². The smallest absolute Gasteiger partial charge is 0.264 e. The first-order valence-corrected chi connectivity index (χ1v) is 12.7. The zero-order valence-electron chi connectivity index (χ0n) is 20.6. The average molecular weight is 507 g/mol. The first-order valence-electron chi connectivity index (χ1n) is 12.7. The van der Waals surface area contributed by atoms with Crippen LogP contribution in [-0.4, -0.2) is 45.1 Å². The van der Waals surface area contributed by atoms with Crippen molar-refractivity contribution in [2.45, 2.75) is 25.3 Å². The van der Waals surface area contributed by atoms with Crippen molar-refractivity contribution in [3.05, 3.63) is 78.5 Å². The molecule has 38 heavy (non-hydrogen) atoms. The molecule has 2 aromatic carbocycles. The summed E-state index contributed by atoms with van der Waals surface area (Å²) in [5.41, 5.74) is 0.845. The van der Waals surface area contributed by atoms with E-state index in [-0.39, 0.29) is 17.5 Å². The minimum absolute atomic E-state index is 0.00575. The number of carbonyl (C=O) groups excluding carboxylic acids is 1. The van der Waals surface area contributed by atoms with E-state index in [0.717, 1.165) is 30.4 Å². The molecular formula is C29H26N6O3. The highest BCUT2D eigenvalue weighted by Crippen LogP contribution is 2.35. The molecule has 9 nitrogen and oxygen atoms in total. The van der Waals surface area contributed by atoms with E-state index < -0.39 is 0 Å². The zero-order chi connectivity index (χ0) is 25.9. The Hall–Kier alpha value is -4.84. The number of fused-ring (bicyclic) bond motifs is 1. The number of likely N-dealkylation sites (tertiary alicyclic amines) is 1. The summed E-state index contributed by atoms with van der Waals surface area (Å²) in [5.74, 6) is 3.52. The summed E-state index contributed by atoms with van der Waals surface area (Å²) in [6.07, 6.45) is 6.34. The Labute approximate surface area is 219 Å². The normalized spacial score (nSPS) is 17.3. The number of nitriles is 1. The highest BCUT2D eigenvalue weighted by atomic mass is 16.5. The van der Waals surface area contributed by atoms with Gasteiger partial charge in [-0.05, 0) is 61.6 Å². The topological polar surface area (TPSA) is 116 Å². The van der Waals surface area contributed by atoms with Crippen LogP contribution in [0.25, 0.3) is 11.0 Å². The summed E-state index contributed by atoms with van der Waals surface area (Å²) in [7, 11) is 0. The molecule has 2 aliphatic rings. The minimum Gasteiger partial charge on any atom is -0.457 e. The number of rotatable bonds is 8.